The molecule has 0 spiro atoms. The first-order valence-electron chi connectivity index (χ1n) is 6.17. The molecule has 0 heterocycles. The molecule has 0 fully saturated rings. The second kappa shape index (κ2) is 7.83. The van der Waals surface area contributed by atoms with E-state index in [1.54, 1.807) is 0 Å². The van der Waals surface area contributed by atoms with E-state index >= 15 is 0 Å². The van der Waals surface area contributed by atoms with Crippen molar-refractivity contribution in [2.75, 3.05) is 0 Å². The molecule has 0 bridgehead atoms. The Morgan fingerprint density at radius 3 is 2.35 bits per heavy atom. The van der Waals surface area contributed by atoms with Gasteiger partial charge in [-0.1, -0.05) is 39.0 Å². The molecule has 1 heteroatoms. The Labute approximate surface area is 105 Å². The van der Waals surface area contributed by atoms with Gasteiger partial charge in [-0.15, -0.1) is 0 Å². The van der Waals surface area contributed by atoms with Gasteiger partial charge in [-0.3, -0.25) is 0 Å². The lowest BCUT2D eigenvalue weighted by atomic mass is 10.0. The lowest BCUT2D eigenvalue weighted by Crippen LogP contribution is -1.88. The van der Waals surface area contributed by atoms with Gasteiger partial charge in [0.15, 0.2) is 0 Å². The molecule has 0 saturated heterocycles. The van der Waals surface area contributed by atoms with E-state index in [-0.39, 0.29) is 5.82 Å². The fraction of sp³-hybridized carbons (Fsp3) is 0.375. The third-order valence-corrected chi connectivity index (χ3v) is 2.51. The topological polar surface area (TPSA) is 0 Å². The minimum atomic E-state index is -0.173. The number of hydrogen-bond acceptors (Lipinski definition) is 0. The van der Waals surface area contributed by atoms with Crippen molar-refractivity contribution >= 4 is 6.08 Å². The number of allylic oxidation sites excluding steroid dienone is 2. The van der Waals surface area contributed by atoms with Gasteiger partial charge in [-0.2, -0.15) is 0 Å². The van der Waals surface area contributed by atoms with Gasteiger partial charge in [0.2, 0.25) is 0 Å². The summed E-state index contributed by atoms with van der Waals surface area (Å²) in [6.07, 6.45) is 2.77. The molecule has 0 aromatic heterocycles. The van der Waals surface area contributed by atoms with Crippen LogP contribution >= 0.6 is 0 Å². The van der Waals surface area contributed by atoms with E-state index in [2.05, 4.69) is 13.5 Å². The van der Waals surface area contributed by atoms with Gasteiger partial charge in [-0.05, 0) is 49.6 Å². The first-order valence-corrected chi connectivity index (χ1v) is 6.17. The van der Waals surface area contributed by atoms with Crippen LogP contribution in [0.2, 0.25) is 0 Å². The minimum Gasteiger partial charge on any atom is -0.206 e. The fourth-order valence-electron chi connectivity index (χ4n) is 1.28. The summed E-state index contributed by atoms with van der Waals surface area (Å²) in [5.74, 6) is -0.173. The Bertz CT molecular complexity index is 400. The normalized spacial score (nSPS) is 10.6. The minimum absolute atomic E-state index is 0.173. The molecule has 0 unspecified atom stereocenters. The Balaban J connectivity index is 0.00000121. The average Bonchev–Trinajstić information content (AvgIpc) is 2.34. The summed E-state index contributed by atoms with van der Waals surface area (Å²) in [4.78, 5) is 0. The molecular formula is C16H23F. The van der Waals surface area contributed by atoms with Crippen LogP contribution in [0.15, 0.2) is 35.9 Å². The number of hydrogen-bond donors (Lipinski definition) is 0. The summed E-state index contributed by atoms with van der Waals surface area (Å²) in [6.45, 7) is 13.8. The Kier molecular flexibility index (Phi) is 7.20. The zero-order chi connectivity index (χ0) is 13.4. The van der Waals surface area contributed by atoms with Gasteiger partial charge >= 0.3 is 0 Å². The maximum atomic E-state index is 13.5. The number of rotatable bonds is 3. The highest BCUT2D eigenvalue weighted by Gasteiger charge is 2.01. The van der Waals surface area contributed by atoms with Crippen molar-refractivity contribution in [1.82, 2.24) is 0 Å². The van der Waals surface area contributed by atoms with Gasteiger partial charge in [-0.25, -0.2) is 4.39 Å². The van der Waals surface area contributed by atoms with Crippen LogP contribution in [0.1, 0.15) is 45.7 Å². The summed E-state index contributed by atoms with van der Waals surface area (Å²) in [5.41, 5.74) is 3.78. The first-order chi connectivity index (χ1) is 8.04. The predicted molar refractivity (Wildman–Crippen MR) is 75.6 cm³/mol. The molecule has 0 radical (unpaired) electrons. The average molecular weight is 234 g/mol. The van der Waals surface area contributed by atoms with Gasteiger partial charge in [0, 0.05) is 5.56 Å². The highest BCUT2D eigenvalue weighted by Crippen LogP contribution is 2.17. The molecule has 0 saturated carbocycles. The highest BCUT2D eigenvalue weighted by atomic mass is 19.1. The van der Waals surface area contributed by atoms with E-state index in [4.69, 9.17) is 0 Å². The van der Waals surface area contributed by atoms with Crippen molar-refractivity contribution in [2.24, 2.45) is 0 Å². The quantitative estimate of drug-likeness (QED) is 0.615. The number of halogens is 1. The molecule has 17 heavy (non-hydrogen) atoms. The highest BCUT2D eigenvalue weighted by molar-refractivity contribution is 5.58. The molecule has 1 aromatic carbocycles. The Morgan fingerprint density at radius 2 is 1.88 bits per heavy atom. The standard InChI is InChI=1S/C14H17F.C2H6/c1-5-12-6-7-14(15)13(9-12)8-11(4)10(2)3;1-2/h6-9H,2,5H2,1,3-4H3;1-2H3/b11-8+;. The Hall–Kier alpha value is -1.37. The molecule has 0 amide bonds. The first kappa shape index (κ1) is 15.6. The van der Waals surface area contributed by atoms with Crippen LogP contribution in [-0.4, -0.2) is 0 Å². The van der Waals surface area contributed by atoms with Gasteiger partial charge < -0.3 is 0 Å². The van der Waals surface area contributed by atoms with Crippen molar-refractivity contribution in [1.29, 1.82) is 0 Å². The summed E-state index contributed by atoms with van der Waals surface area (Å²) in [6, 6.07) is 5.24. The lowest BCUT2D eigenvalue weighted by molar-refractivity contribution is 0.624. The van der Waals surface area contributed by atoms with Crippen molar-refractivity contribution in [3.8, 4) is 0 Å². The zero-order valence-corrected chi connectivity index (χ0v) is 11.6. The van der Waals surface area contributed by atoms with Crippen LogP contribution in [0.5, 0.6) is 0 Å². The molecule has 0 atom stereocenters. The third-order valence-electron chi connectivity index (χ3n) is 2.51. The molecule has 0 nitrogen and oxygen atoms in total. The van der Waals surface area contributed by atoms with Crippen molar-refractivity contribution in [3.63, 3.8) is 0 Å². The predicted octanol–water partition coefficient (Wildman–Crippen LogP) is 5.39. The van der Waals surface area contributed by atoms with Crippen molar-refractivity contribution < 1.29 is 4.39 Å². The van der Waals surface area contributed by atoms with Crippen LogP contribution in [0.4, 0.5) is 4.39 Å². The third kappa shape index (κ3) is 4.99. The summed E-state index contributed by atoms with van der Waals surface area (Å²) >= 11 is 0. The van der Waals surface area contributed by atoms with Crippen LogP contribution in [0.25, 0.3) is 6.08 Å². The monoisotopic (exact) mass is 234 g/mol. The summed E-state index contributed by atoms with van der Waals surface area (Å²) < 4.78 is 13.5. The largest absolute Gasteiger partial charge is 0.206 e. The Morgan fingerprint density at radius 1 is 1.29 bits per heavy atom. The van der Waals surface area contributed by atoms with Crippen molar-refractivity contribution in [2.45, 2.75) is 41.0 Å². The molecule has 1 aromatic rings. The molecule has 0 aliphatic carbocycles. The second-order valence-corrected chi connectivity index (χ2v) is 3.82. The van der Waals surface area contributed by atoms with E-state index in [9.17, 15) is 4.39 Å². The number of aryl methyl sites for hydroxylation is 1. The van der Waals surface area contributed by atoms with Crippen LogP contribution in [0.3, 0.4) is 0 Å². The van der Waals surface area contributed by atoms with E-state index in [1.165, 1.54) is 6.07 Å². The van der Waals surface area contributed by atoms with Crippen LogP contribution < -0.4 is 0 Å². The fourth-order valence-corrected chi connectivity index (χ4v) is 1.28. The van der Waals surface area contributed by atoms with Crippen LogP contribution in [-0.2, 0) is 6.42 Å². The lowest BCUT2D eigenvalue weighted by Gasteiger charge is -2.03. The van der Waals surface area contributed by atoms with Gasteiger partial charge in [0.1, 0.15) is 5.82 Å². The maximum absolute atomic E-state index is 13.5. The van der Waals surface area contributed by atoms with E-state index < -0.39 is 0 Å². The van der Waals surface area contributed by atoms with Crippen molar-refractivity contribution in [3.05, 3.63) is 52.9 Å². The summed E-state index contributed by atoms with van der Waals surface area (Å²) in [5, 5.41) is 0. The SMILES string of the molecule is C=C(C)/C(C)=C/c1cc(CC)ccc1F.CC. The maximum Gasteiger partial charge on any atom is 0.130 e. The molecule has 1 rings (SSSR count). The van der Waals surface area contributed by atoms with Crippen LogP contribution in [0, 0.1) is 5.82 Å². The molecule has 0 N–H and O–H groups in total. The second-order valence-electron chi connectivity index (χ2n) is 3.82. The van der Waals surface area contributed by atoms with E-state index in [0.717, 1.165) is 23.1 Å². The molecule has 0 aliphatic rings. The van der Waals surface area contributed by atoms with E-state index in [1.807, 2.05) is 45.9 Å². The van der Waals surface area contributed by atoms with E-state index in [0.29, 0.717) is 5.56 Å². The summed E-state index contributed by atoms with van der Waals surface area (Å²) in [7, 11) is 0. The smallest absolute Gasteiger partial charge is 0.130 e. The van der Waals surface area contributed by atoms with Gasteiger partial charge in [0.25, 0.3) is 0 Å². The number of benzene rings is 1. The molecule has 94 valence electrons. The molecular weight excluding hydrogens is 211 g/mol. The molecule has 0 aliphatic heterocycles. The zero-order valence-electron chi connectivity index (χ0n) is 11.6. The van der Waals surface area contributed by atoms with Gasteiger partial charge in [0.05, 0.1) is 0 Å².